The Bertz CT molecular complexity index is 890. The van der Waals surface area contributed by atoms with Gasteiger partial charge in [-0.2, -0.15) is 4.57 Å². The first-order valence-corrected chi connectivity index (χ1v) is 9.73. The molecule has 3 nitrogen and oxygen atoms in total. The van der Waals surface area contributed by atoms with Crippen molar-refractivity contribution in [2.24, 2.45) is 0 Å². The summed E-state index contributed by atoms with van der Waals surface area (Å²) in [6.07, 6.45) is 0.724. The van der Waals surface area contributed by atoms with Crippen LogP contribution in [0.3, 0.4) is 0 Å². The number of halogens is 2. The van der Waals surface area contributed by atoms with E-state index >= 15 is 0 Å². The number of aromatic nitrogens is 1. The highest BCUT2D eigenvalue weighted by Crippen LogP contribution is 2.15. The van der Waals surface area contributed by atoms with E-state index in [2.05, 4.69) is 17.0 Å². The third kappa shape index (κ3) is 5.80. The highest BCUT2D eigenvalue weighted by atomic mass is 35.5. The highest BCUT2D eigenvalue weighted by molar-refractivity contribution is 7.09. The molecular formula is C21H21Cl2NO2S. The summed E-state index contributed by atoms with van der Waals surface area (Å²) in [5.74, 6) is -0.270. The Labute approximate surface area is 175 Å². The van der Waals surface area contributed by atoms with E-state index in [9.17, 15) is 4.79 Å². The van der Waals surface area contributed by atoms with E-state index in [1.807, 2.05) is 43.3 Å². The summed E-state index contributed by atoms with van der Waals surface area (Å²) in [6.45, 7) is 5.29. The lowest BCUT2D eigenvalue weighted by Gasteiger charge is -2.04. The lowest BCUT2D eigenvalue weighted by Crippen LogP contribution is -3.00. The molecule has 0 amide bonds. The van der Waals surface area contributed by atoms with E-state index in [-0.39, 0.29) is 18.4 Å². The topological polar surface area (TPSA) is 30.2 Å². The maximum absolute atomic E-state index is 12.1. The van der Waals surface area contributed by atoms with Crippen molar-refractivity contribution >= 4 is 28.9 Å². The lowest BCUT2D eigenvalue weighted by atomic mass is 10.1. The molecule has 0 unspecified atom stereocenters. The average Bonchev–Trinajstić information content (AvgIpc) is 2.97. The zero-order valence-corrected chi connectivity index (χ0v) is 17.6. The standard InChI is InChI=1S/C21H21ClNO2S.ClH/c1-15-3-7-18(8-4-15)21(24)25-12-11-20-16(2)23(14-26-20)13-17-5-9-19(22)10-6-17;/h3-10,14H,11-13H2,1-2H3;1H/q+1;/p-1. The van der Waals surface area contributed by atoms with Crippen molar-refractivity contribution in [1.82, 2.24) is 0 Å². The van der Waals surface area contributed by atoms with Gasteiger partial charge in [-0.1, -0.05) is 52.8 Å². The van der Waals surface area contributed by atoms with Gasteiger partial charge in [0.2, 0.25) is 5.51 Å². The first-order chi connectivity index (χ1) is 12.5. The van der Waals surface area contributed by atoms with E-state index in [0.717, 1.165) is 23.6 Å². The number of hydrogen-bond acceptors (Lipinski definition) is 3. The Balaban J connectivity index is 0.00000261. The van der Waals surface area contributed by atoms with Gasteiger partial charge in [0, 0.05) is 23.9 Å². The number of carbonyl (C=O) groups is 1. The maximum atomic E-state index is 12.1. The lowest BCUT2D eigenvalue weighted by molar-refractivity contribution is -0.689. The van der Waals surface area contributed by atoms with Crippen LogP contribution in [0, 0.1) is 13.8 Å². The monoisotopic (exact) mass is 421 g/mol. The molecule has 0 atom stereocenters. The van der Waals surface area contributed by atoms with Gasteiger partial charge >= 0.3 is 5.97 Å². The van der Waals surface area contributed by atoms with Gasteiger partial charge in [0.05, 0.1) is 17.0 Å². The minimum atomic E-state index is -0.270. The number of hydrogen-bond donors (Lipinski definition) is 0. The molecular weight excluding hydrogens is 401 g/mol. The largest absolute Gasteiger partial charge is 1.00 e. The van der Waals surface area contributed by atoms with Crippen molar-refractivity contribution in [2.45, 2.75) is 26.8 Å². The Kier molecular flexibility index (Phi) is 7.84. The van der Waals surface area contributed by atoms with Crippen LogP contribution in [-0.4, -0.2) is 12.6 Å². The van der Waals surface area contributed by atoms with E-state index in [1.54, 1.807) is 23.5 Å². The smallest absolute Gasteiger partial charge is 0.338 e. The fraction of sp³-hybridized carbons (Fsp3) is 0.238. The third-order valence-electron chi connectivity index (χ3n) is 4.27. The molecule has 6 heteroatoms. The minimum Gasteiger partial charge on any atom is -1.00 e. The van der Waals surface area contributed by atoms with Crippen LogP contribution >= 0.6 is 22.9 Å². The molecule has 0 radical (unpaired) electrons. The molecule has 0 fully saturated rings. The number of thiazole rings is 1. The van der Waals surface area contributed by atoms with Crippen LogP contribution in [0.1, 0.15) is 32.1 Å². The van der Waals surface area contributed by atoms with Crippen LogP contribution in [0.4, 0.5) is 0 Å². The van der Waals surface area contributed by atoms with Crippen molar-refractivity contribution in [3.05, 3.63) is 86.3 Å². The second-order valence-electron chi connectivity index (χ2n) is 6.24. The highest BCUT2D eigenvalue weighted by Gasteiger charge is 2.16. The summed E-state index contributed by atoms with van der Waals surface area (Å²) in [5, 5.41) is 0.747. The number of aryl methyl sites for hydroxylation is 1. The van der Waals surface area contributed by atoms with Crippen molar-refractivity contribution in [1.29, 1.82) is 0 Å². The minimum absolute atomic E-state index is 0. The van der Waals surface area contributed by atoms with Gasteiger partial charge in [-0.05, 0) is 31.2 Å². The second kappa shape index (κ2) is 9.88. The van der Waals surface area contributed by atoms with Gasteiger partial charge in [0.1, 0.15) is 0 Å². The summed E-state index contributed by atoms with van der Waals surface area (Å²) in [6, 6.07) is 15.3. The number of rotatable bonds is 6. The molecule has 0 N–H and O–H groups in total. The normalized spacial score (nSPS) is 10.3. The molecule has 1 heterocycles. The van der Waals surface area contributed by atoms with E-state index in [4.69, 9.17) is 16.3 Å². The Morgan fingerprint density at radius 3 is 2.41 bits per heavy atom. The Morgan fingerprint density at radius 2 is 1.74 bits per heavy atom. The number of esters is 1. The van der Waals surface area contributed by atoms with E-state index < -0.39 is 0 Å². The fourth-order valence-corrected chi connectivity index (χ4v) is 3.75. The van der Waals surface area contributed by atoms with Gasteiger partial charge in [-0.15, -0.1) is 0 Å². The molecule has 0 saturated carbocycles. The molecule has 0 saturated heterocycles. The molecule has 3 rings (SSSR count). The van der Waals surface area contributed by atoms with Gasteiger partial charge in [0.15, 0.2) is 12.2 Å². The summed E-state index contributed by atoms with van der Waals surface area (Å²) >= 11 is 7.63. The molecule has 27 heavy (non-hydrogen) atoms. The summed E-state index contributed by atoms with van der Waals surface area (Å²) in [5.41, 5.74) is 6.24. The molecule has 0 aliphatic carbocycles. The number of ether oxygens (including phenoxy) is 1. The molecule has 2 aromatic carbocycles. The second-order valence-corrected chi connectivity index (χ2v) is 7.61. The van der Waals surface area contributed by atoms with Crippen molar-refractivity contribution in [3.63, 3.8) is 0 Å². The number of benzene rings is 2. The van der Waals surface area contributed by atoms with Crippen LogP contribution in [0.5, 0.6) is 0 Å². The Hall–Kier alpha value is -1.88. The van der Waals surface area contributed by atoms with Gasteiger partial charge in [-0.25, -0.2) is 4.79 Å². The van der Waals surface area contributed by atoms with Crippen molar-refractivity contribution in [3.8, 4) is 0 Å². The predicted octanol–water partition coefficient (Wildman–Crippen LogP) is 1.76. The molecule has 0 bridgehead atoms. The molecule has 0 aliphatic heterocycles. The summed E-state index contributed by atoms with van der Waals surface area (Å²) < 4.78 is 7.62. The van der Waals surface area contributed by atoms with Crippen LogP contribution in [0.2, 0.25) is 5.02 Å². The summed E-state index contributed by atoms with van der Waals surface area (Å²) in [7, 11) is 0. The number of carbonyl (C=O) groups excluding carboxylic acids is 1. The average molecular weight is 422 g/mol. The molecule has 1 aromatic heterocycles. The molecule has 0 aliphatic rings. The first kappa shape index (κ1) is 21.4. The quantitative estimate of drug-likeness (QED) is 0.448. The molecule has 0 spiro atoms. The maximum Gasteiger partial charge on any atom is 0.338 e. The van der Waals surface area contributed by atoms with E-state index in [0.29, 0.717) is 12.2 Å². The predicted molar refractivity (Wildman–Crippen MR) is 105 cm³/mol. The van der Waals surface area contributed by atoms with Crippen LogP contribution in [0.15, 0.2) is 54.0 Å². The SMILES string of the molecule is Cc1ccc(C(=O)OCCc2sc[n+](Cc3ccc(Cl)cc3)c2C)cc1.[Cl-]. The van der Waals surface area contributed by atoms with Crippen LogP contribution < -0.4 is 17.0 Å². The van der Waals surface area contributed by atoms with Crippen molar-refractivity contribution in [2.75, 3.05) is 6.61 Å². The van der Waals surface area contributed by atoms with Crippen LogP contribution in [0.25, 0.3) is 0 Å². The molecule has 142 valence electrons. The fourth-order valence-electron chi connectivity index (χ4n) is 2.64. The summed E-state index contributed by atoms with van der Waals surface area (Å²) in [4.78, 5) is 13.3. The van der Waals surface area contributed by atoms with E-state index in [1.165, 1.54) is 16.1 Å². The Morgan fingerprint density at radius 1 is 1.07 bits per heavy atom. The molecule has 3 aromatic rings. The first-order valence-electron chi connectivity index (χ1n) is 8.47. The zero-order chi connectivity index (χ0) is 18.5. The number of nitrogens with zero attached hydrogens (tertiary/aromatic N) is 1. The third-order valence-corrected chi connectivity index (χ3v) is 5.67. The van der Waals surface area contributed by atoms with Gasteiger partial charge in [0.25, 0.3) is 0 Å². The van der Waals surface area contributed by atoms with Crippen LogP contribution in [-0.2, 0) is 17.7 Å². The van der Waals surface area contributed by atoms with Gasteiger partial charge in [-0.3, -0.25) is 0 Å². The van der Waals surface area contributed by atoms with Crippen molar-refractivity contribution < 1.29 is 26.5 Å². The van der Waals surface area contributed by atoms with Gasteiger partial charge < -0.3 is 17.1 Å². The zero-order valence-electron chi connectivity index (χ0n) is 15.2.